The number of hydrogen-bond acceptors (Lipinski definition) is 4. The van der Waals surface area contributed by atoms with Gasteiger partial charge in [-0.05, 0) is 67.4 Å². The lowest BCUT2D eigenvalue weighted by Gasteiger charge is -2.38. The Morgan fingerprint density at radius 2 is 1.80 bits per heavy atom. The van der Waals surface area contributed by atoms with Gasteiger partial charge in [0.2, 0.25) is 6.23 Å². The largest absolute Gasteiger partial charge is 0.497 e. The maximum Gasteiger partial charge on any atom is 0.214 e. The van der Waals surface area contributed by atoms with Gasteiger partial charge in [-0.1, -0.05) is 39.7 Å². The molecule has 3 aromatic carbocycles. The molecule has 0 spiro atoms. The maximum absolute atomic E-state index is 6.51. The second kappa shape index (κ2) is 7.47. The molecular weight excluding hydrogens is 440 g/mol. The summed E-state index contributed by atoms with van der Waals surface area (Å²) in [6.45, 7) is 4.26. The molecule has 0 saturated carbocycles. The first-order valence-electron chi connectivity index (χ1n) is 10.1. The molecule has 2 aliphatic heterocycles. The number of aryl methyl sites for hydroxylation is 2. The SMILES string of the molecule is COc1ccc(C2=NN3[C@@H](C2)c2cc(Br)ccc2O[C@H]3c2ccc(C)cc2C)cc1. The average Bonchev–Trinajstić information content (AvgIpc) is 3.19. The lowest BCUT2D eigenvalue weighted by atomic mass is 9.95. The Bertz CT molecular complexity index is 1140. The third-order valence-corrected chi connectivity index (χ3v) is 6.36. The molecule has 0 saturated heterocycles. The van der Waals surface area contributed by atoms with Crippen LogP contribution in [0.4, 0.5) is 0 Å². The smallest absolute Gasteiger partial charge is 0.214 e. The monoisotopic (exact) mass is 462 g/mol. The quantitative estimate of drug-likeness (QED) is 0.456. The molecule has 0 aromatic heterocycles. The third kappa shape index (κ3) is 3.27. The predicted octanol–water partition coefficient (Wildman–Crippen LogP) is 6.32. The number of fused-ring (bicyclic) bond motifs is 3. The number of ether oxygens (including phenoxy) is 2. The molecule has 0 radical (unpaired) electrons. The number of methoxy groups -OCH3 is 1. The van der Waals surface area contributed by atoms with E-state index in [-0.39, 0.29) is 12.3 Å². The van der Waals surface area contributed by atoms with Crippen LogP contribution in [0, 0.1) is 13.8 Å². The Morgan fingerprint density at radius 3 is 2.53 bits per heavy atom. The third-order valence-electron chi connectivity index (χ3n) is 5.87. The summed E-state index contributed by atoms with van der Waals surface area (Å²) in [6.07, 6.45) is 0.584. The van der Waals surface area contributed by atoms with Gasteiger partial charge in [-0.3, -0.25) is 0 Å². The van der Waals surface area contributed by atoms with E-state index in [1.54, 1.807) is 7.11 Å². The number of hydrogen-bond donors (Lipinski definition) is 0. The fourth-order valence-corrected chi connectivity index (χ4v) is 4.70. The Labute approximate surface area is 185 Å². The van der Waals surface area contributed by atoms with Gasteiger partial charge in [0.15, 0.2) is 0 Å². The normalized spacial score (nSPS) is 19.6. The molecule has 5 rings (SSSR count). The topological polar surface area (TPSA) is 34.1 Å². The fraction of sp³-hybridized carbons (Fsp3) is 0.240. The molecule has 30 heavy (non-hydrogen) atoms. The zero-order chi connectivity index (χ0) is 20.8. The molecule has 5 heteroatoms. The van der Waals surface area contributed by atoms with Crippen molar-refractivity contribution >= 4 is 21.6 Å². The summed E-state index contributed by atoms with van der Waals surface area (Å²) in [6, 6.07) is 21.0. The van der Waals surface area contributed by atoms with Gasteiger partial charge in [-0.15, -0.1) is 0 Å². The van der Waals surface area contributed by atoms with Crippen molar-refractivity contribution in [2.45, 2.75) is 32.5 Å². The Balaban J connectivity index is 1.59. The highest BCUT2D eigenvalue weighted by Gasteiger charge is 2.41. The molecule has 2 heterocycles. The highest BCUT2D eigenvalue weighted by Crippen LogP contribution is 2.48. The fourth-order valence-electron chi connectivity index (χ4n) is 4.32. The molecule has 152 valence electrons. The van der Waals surface area contributed by atoms with E-state index in [0.717, 1.165) is 44.8 Å². The number of nitrogens with zero attached hydrogens (tertiary/aromatic N) is 2. The Hall–Kier alpha value is -2.79. The summed E-state index contributed by atoms with van der Waals surface area (Å²) in [4.78, 5) is 0. The van der Waals surface area contributed by atoms with Crippen LogP contribution in [0.5, 0.6) is 11.5 Å². The van der Waals surface area contributed by atoms with Gasteiger partial charge >= 0.3 is 0 Å². The van der Waals surface area contributed by atoms with Crippen LogP contribution in [0.15, 0.2) is 70.2 Å². The zero-order valence-electron chi connectivity index (χ0n) is 17.2. The zero-order valence-corrected chi connectivity index (χ0v) is 18.8. The molecule has 2 atom stereocenters. The molecule has 0 bridgehead atoms. The van der Waals surface area contributed by atoms with Crippen LogP contribution in [0.1, 0.15) is 46.5 Å². The summed E-state index contributed by atoms with van der Waals surface area (Å²) in [5, 5.41) is 7.19. The van der Waals surface area contributed by atoms with Crippen LogP contribution in [-0.2, 0) is 0 Å². The van der Waals surface area contributed by atoms with Gasteiger partial charge in [-0.2, -0.15) is 5.10 Å². The number of hydrazone groups is 1. The number of halogens is 1. The molecule has 0 aliphatic carbocycles. The van der Waals surface area contributed by atoms with Crippen molar-refractivity contribution in [1.29, 1.82) is 0 Å². The van der Waals surface area contributed by atoms with Crippen LogP contribution in [0.2, 0.25) is 0 Å². The van der Waals surface area contributed by atoms with E-state index in [0.29, 0.717) is 0 Å². The van der Waals surface area contributed by atoms with Crippen molar-refractivity contribution in [3.05, 3.63) is 93.0 Å². The van der Waals surface area contributed by atoms with Gasteiger partial charge in [0.25, 0.3) is 0 Å². The molecule has 4 nitrogen and oxygen atoms in total. The molecule has 0 unspecified atom stereocenters. The molecule has 0 fully saturated rings. The van der Waals surface area contributed by atoms with Crippen LogP contribution >= 0.6 is 15.9 Å². The highest BCUT2D eigenvalue weighted by atomic mass is 79.9. The van der Waals surface area contributed by atoms with Gasteiger partial charge < -0.3 is 9.47 Å². The summed E-state index contributed by atoms with van der Waals surface area (Å²) >= 11 is 3.62. The first kappa shape index (κ1) is 19.2. The Morgan fingerprint density at radius 1 is 1.00 bits per heavy atom. The minimum atomic E-state index is -0.250. The van der Waals surface area contributed by atoms with Crippen molar-refractivity contribution in [1.82, 2.24) is 5.01 Å². The molecule has 0 N–H and O–H groups in total. The summed E-state index contributed by atoms with van der Waals surface area (Å²) in [5.41, 5.74) is 6.95. The van der Waals surface area contributed by atoms with E-state index in [4.69, 9.17) is 14.6 Å². The molecule has 0 amide bonds. The van der Waals surface area contributed by atoms with Crippen LogP contribution in [-0.4, -0.2) is 17.8 Å². The minimum absolute atomic E-state index is 0.133. The van der Waals surface area contributed by atoms with E-state index in [1.807, 2.05) is 18.2 Å². The van der Waals surface area contributed by atoms with Gasteiger partial charge in [-0.25, -0.2) is 5.01 Å². The van der Waals surface area contributed by atoms with E-state index in [1.165, 1.54) is 11.1 Å². The van der Waals surface area contributed by atoms with Crippen molar-refractivity contribution in [2.24, 2.45) is 5.10 Å². The summed E-state index contributed by atoms with van der Waals surface area (Å²) in [7, 11) is 1.68. The van der Waals surface area contributed by atoms with Crippen molar-refractivity contribution in [3.8, 4) is 11.5 Å². The first-order valence-corrected chi connectivity index (χ1v) is 10.9. The summed E-state index contributed by atoms with van der Waals surface area (Å²) < 4.78 is 12.9. The Kier molecular flexibility index (Phi) is 4.78. The summed E-state index contributed by atoms with van der Waals surface area (Å²) in [5.74, 6) is 1.77. The van der Waals surface area contributed by atoms with E-state index in [2.05, 4.69) is 77.3 Å². The second-order valence-electron chi connectivity index (χ2n) is 7.89. The van der Waals surface area contributed by atoms with Gasteiger partial charge in [0.1, 0.15) is 11.5 Å². The standard InChI is InChI=1S/C25H23BrN2O2/c1-15-4-10-20(16(2)12-15)25-28-23(21-13-18(26)7-11-24(21)30-25)14-22(27-28)17-5-8-19(29-3)9-6-17/h4-13,23,25H,14H2,1-3H3/t23-,25-/m0/s1. The average molecular weight is 463 g/mol. The minimum Gasteiger partial charge on any atom is -0.497 e. The van der Waals surface area contributed by atoms with Crippen molar-refractivity contribution in [3.63, 3.8) is 0 Å². The molecule has 2 aliphatic rings. The lowest BCUT2D eigenvalue weighted by molar-refractivity contribution is -0.0194. The second-order valence-corrected chi connectivity index (χ2v) is 8.80. The number of benzene rings is 3. The van der Waals surface area contributed by atoms with Crippen molar-refractivity contribution in [2.75, 3.05) is 7.11 Å². The van der Waals surface area contributed by atoms with E-state index >= 15 is 0 Å². The molecular formula is C25H23BrN2O2. The maximum atomic E-state index is 6.51. The van der Waals surface area contributed by atoms with Gasteiger partial charge in [0.05, 0.1) is 18.9 Å². The van der Waals surface area contributed by atoms with Crippen LogP contribution in [0.25, 0.3) is 0 Å². The van der Waals surface area contributed by atoms with E-state index in [9.17, 15) is 0 Å². The first-order chi connectivity index (χ1) is 14.5. The van der Waals surface area contributed by atoms with Crippen LogP contribution < -0.4 is 9.47 Å². The predicted molar refractivity (Wildman–Crippen MR) is 122 cm³/mol. The van der Waals surface area contributed by atoms with Gasteiger partial charge in [0, 0.05) is 22.0 Å². The highest BCUT2D eigenvalue weighted by molar-refractivity contribution is 9.10. The van der Waals surface area contributed by atoms with Crippen LogP contribution in [0.3, 0.4) is 0 Å². The van der Waals surface area contributed by atoms with E-state index < -0.39 is 0 Å². The number of rotatable bonds is 3. The molecule has 3 aromatic rings. The lowest BCUT2D eigenvalue weighted by Crippen LogP contribution is -2.34. The van der Waals surface area contributed by atoms with Crippen molar-refractivity contribution < 1.29 is 9.47 Å².